The number of furan rings is 1. The van der Waals surface area contributed by atoms with Crippen LogP contribution in [0.1, 0.15) is 12.7 Å². The van der Waals surface area contributed by atoms with Gasteiger partial charge in [0, 0.05) is 10.0 Å². The quantitative estimate of drug-likeness (QED) is 0.921. The molecule has 84 valence electrons. The largest absolute Gasteiger partial charge is 0.467 e. The topological polar surface area (TPSA) is 25.2 Å². The summed E-state index contributed by atoms with van der Waals surface area (Å²) in [5.74, 6) is 0.990. The van der Waals surface area contributed by atoms with Crippen LogP contribution in [0.25, 0.3) is 11.1 Å². The molecule has 0 fully saturated rings. The smallest absolute Gasteiger partial charge is 0.125 e. The van der Waals surface area contributed by atoms with Crippen LogP contribution < -0.4 is 5.32 Å². The Morgan fingerprint density at radius 2 is 1.94 bits per heavy atom. The first-order valence-electron chi connectivity index (χ1n) is 5.34. The van der Waals surface area contributed by atoms with E-state index >= 15 is 0 Å². The van der Waals surface area contributed by atoms with Crippen molar-refractivity contribution in [2.24, 2.45) is 0 Å². The van der Waals surface area contributed by atoms with Crippen LogP contribution in [-0.2, 0) is 6.54 Å². The lowest BCUT2D eigenvalue weighted by atomic mass is 10.1. The minimum absolute atomic E-state index is 0.773. The Hall–Kier alpha value is -1.06. The summed E-state index contributed by atoms with van der Waals surface area (Å²) in [6.45, 7) is 3.80. The third kappa shape index (κ3) is 2.54. The van der Waals surface area contributed by atoms with E-state index in [0.717, 1.165) is 28.9 Å². The van der Waals surface area contributed by atoms with Gasteiger partial charge in [-0.1, -0.05) is 35.0 Å². The summed E-state index contributed by atoms with van der Waals surface area (Å²) < 4.78 is 6.57. The van der Waals surface area contributed by atoms with Crippen molar-refractivity contribution in [3.63, 3.8) is 0 Å². The van der Waals surface area contributed by atoms with Crippen LogP contribution in [-0.4, -0.2) is 6.54 Å². The Balaban J connectivity index is 2.26. The Kier molecular flexibility index (Phi) is 3.80. The molecule has 0 saturated heterocycles. The van der Waals surface area contributed by atoms with Gasteiger partial charge >= 0.3 is 0 Å². The summed E-state index contributed by atoms with van der Waals surface area (Å²) in [5.41, 5.74) is 2.35. The molecule has 3 heteroatoms. The highest BCUT2D eigenvalue weighted by Gasteiger charge is 2.07. The molecule has 0 atom stereocenters. The van der Waals surface area contributed by atoms with Crippen LogP contribution in [0, 0.1) is 0 Å². The van der Waals surface area contributed by atoms with Gasteiger partial charge in [-0.25, -0.2) is 0 Å². The molecular weight excluding hydrogens is 266 g/mol. The summed E-state index contributed by atoms with van der Waals surface area (Å²) in [7, 11) is 0. The fourth-order valence-corrected chi connectivity index (χ4v) is 1.87. The van der Waals surface area contributed by atoms with Gasteiger partial charge < -0.3 is 9.73 Å². The van der Waals surface area contributed by atoms with Crippen LogP contribution in [0.5, 0.6) is 0 Å². The van der Waals surface area contributed by atoms with E-state index in [4.69, 9.17) is 4.42 Å². The molecule has 0 spiro atoms. The Bertz CT molecular complexity index is 447. The van der Waals surface area contributed by atoms with Gasteiger partial charge in [0.1, 0.15) is 5.76 Å². The van der Waals surface area contributed by atoms with Crippen molar-refractivity contribution >= 4 is 15.9 Å². The molecule has 2 aromatic rings. The van der Waals surface area contributed by atoms with Gasteiger partial charge in [0.2, 0.25) is 0 Å². The van der Waals surface area contributed by atoms with Gasteiger partial charge in [0.15, 0.2) is 0 Å². The number of benzene rings is 1. The van der Waals surface area contributed by atoms with Gasteiger partial charge in [0.25, 0.3) is 0 Å². The maximum atomic E-state index is 5.48. The summed E-state index contributed by atoms with van der Waals surface area (Å²) >= 11 is 3.43. The highest BCUT2D eigenvalue weighted by atomic mass is 79.9. The van der Waals surface area contributed by atoms with E-state index < -0.39 is 0 Å². The van der Waals surface area contributed by atoms with Gasteiger partial charge in [-0.15, -0.1) is 0 Å². The second-order valence-electron chi connectivity index (χ2n) is 3.54. The highest BCUT2D eigenvalue weighted by molar-refractivity contribution is 9.10. The molecule has 2 nitrogen and oxygen atoms in total. The zero-order valence-corrected chi connectivity index (χ0v) is 10.8. The zero-order chi connectivity index (χ0) is 11.4. The zero-order valence-electron chi connectivity index (χ0n) is 9.16. The second kappa shape index (κ2) is 5.32. The van der Waals surface area contributed by atoms with Crippen molar-refractivity contribution in [2.75, 3.05) is 6.54 Å². The predicted octanol–water partition coefficient (Wildman–Crippen LogP) is 3.82. The fraction of sp³-hybridized carbons (Fsp3) is 0.231. The summed E-state index contributed by atoms with van der Waals surface area (Å²) in [6, 6.07) is 10.3. The van der Waals surface area contributed by atoms with E-state index in [1.807, 2.05) is 18.2 Å². The van der Waals surface area contributed by atoms with Gasteiger partial charge in [-0.05, 0) is 30.3 Å². The molecule has 16 heavy (non-hydrogen) atoms. The molecule has 1 heterocycles. The minimum atomic E-state index is 0.773. The molecule has 0 aliphatic carbocycles. The number of halogens is 1. The summed E-state index contributed by atoms with van der Waals surface area (Å²) in [4.78, 5) is 0. The highest BCUT2D eigenvalue weighted by Crippen LogP contribution is 2.26. The first-order chi connectivity index (χ1) is 7.81. The van der Waals surface area contributed by atoms with E-state index in [1.165, 1.54) is 5.56 Å². The van der Waals surface area contributed by atoms with Crippen molar-refractivity contribution in [2.45, 2.75) is 13.5 Å². The van der Waals surface area contributed by atoms with Crippen LogP contribution in [0.2, 0.25) is 0 Å². The molecule has 1 aromatic heterocycles. The summed E-state index contributed by atoms with van der Waals surface area (Å²) in [5, 5.41) is 3.27. The van der Waals surface area contributed by atoms with Gasteiger partial charge in [-0.2, -0.15) is 0 Å². The minimum Gasteiger partial charge on any atom is -0.467 e. The maximum Gasteiger partial charge on any atom is 0.125 e. The lowest BCUT2D eigenvalue weighted by Gasteiger charge is -2.03. The standard InChI is InChI=1S/C13H14BrNO/c1-2-15-9-13-12(7-8-16-13)10-3-5-11(14)6-4-10/h3-8,15H,2,9H2,1H3. The molecule has 0 amide bonds. The first kappa shape index (κ1) is 11.4. The van der Waals surface area contributed by atoms with E-state index in [2.05, 4.69) is 40.3 Å². The van der Waals surface area contributed by atoms with Crippen LogP contribution in [0.3, 0.4) is 0 Å². The van der Waals surface area contributed by atoms with Crippen molar-refractivity contribution in [1.82, 2.24) is 5.32 Å². The van der Waals surface area contributed by atoms with E-state index in [1.54, 1.807) is 6.26 Å². The van der Waals surface area contributed by atoms with Crippen LogP contribution in [0.15, 0.2) is 45.5 Å². The predicted molar refractivity (Wildman–Crippen MR) is 69.2 cm³/mol. The molecule has 0 unspecified atom stereocenters. The molecule has 2 rings (SSSR count). The fourth-order valence-electron chi connectivity index (χ4n) is 1.60. The van der Waals surface area contributed by atoms with Gasteiger partial charge in [0.05, 0.1) is 12.8 Å². The molecule has 0 saturated carbocycles. The molecule has 1 N–H and O–H groups in total. The van der Waals surface area contributed by atoms with E-state index in [-0.39, 0.29) is 0 Å². The van der Waals surface area contributed by atoms with Crippen LogP contribution >= 0.6 is 15.9 Å². The molecule has 0 radical (unpaired) electrons. The Morgan fingerprint density at radius 1 is 1.19 bits per heavy atom. The Labute approximate surface area is 104 Å². The first-order valence-corrected chi connectivity index (χ1v) is 6.13. The molecule has 0 bridgehead atoms. The van der Waals surface area contributed by atoms with Crippen molar-refractivity contribution in [3.8, 4) is 11.1 Å². The summed E-state index contributed by atoms with van der Waals surface area (Å²) in [6.07, 6.45) is 1.74. The van der Waals surface area contributed by atoms with E-state index in [9.17, 15) is 0 Å². The van der Waals surface area contributed by atoms with Crippen molar-refractivity contribution in [1.29, 1.82) is 0 Å². The second-order valence-corrected chi connectivity index (χ2v) is 4.46. The lowest BCUT2D eigenvalue weighted by molar-refractivity contribution is 0.489. The molecule has 0 aliphatic heterocycles. The van der Waals surface area contributed by atoms with Crippen molar-refractivity contribution < 1.29 is 4.42 Å². The van der Waals surface area contributed by atoms with E-state index in [0.29, 0.717) is 0 Å². The van der Waals surface area contributed by atoms with Gasteiger partial charge in [-0.3, -0.25) is 0 Å². The maximum absolute atomic E-state index is 5.48. The molecular formula is C13H14BrNO. The average molecular weight is 280 g/mol. The van der Waals surface area contributed by atoms with Crippen molar-refractivity contribution in [3.05, 3.63) is 46.8 Å². The number of rotatable bonds is 4. The third-order valence-electron chi connectivity index (χ3n) is 2.44. The Morgan fingerprint density at radius 3 is 2.62 bits per heavy atom. The number of hydrogen-bond acceptors (Lipinski definition) is 2. The number of nitrogens with one attached hydrogen (secondary N) is 1. The molecule has 0 aliphatic rings. The monoisotopic (exact) mass is 279 g/mol. The normalized spacial score (nSPS) is 10.6. The SMILES string of the molecule is CCNCc1occc1-c1ccc(Br)cc1. The lowest BCUT2D eigenvalue weighted by Crippen LogP contribution is -2.11. The van der Waals surface area contributed by atoms with Crippen LogP contribution in [0.4, 0.5) is 0 Å². The average Bonchev–Trinajstić information content (AvgIpc) is 2.75. The molecule has 1 aromatic carbocycles. The third-order valence-corrected chi connectivity index (χ3v) is 2.96. The number of hydrogen-bond donors (Lipinski definition) is 1.